The van der Waals surface area contributed by atoms with Crippen molar-refractivity contribution in [3.63, 3.8) is 0 Å². The average molecular weight is 273 g/mol. The first kappa shape index (κ1) is 13.9. The number of anilines is 1. The summed E-state index contributed by atoms with van der Waals surface area (Å²) in [5.74, 6) is 0. The largest absolute Gasteiger partial charge is 0.385 e. The van der Waals surface area contributed by atoms with Crippen LogP contribution in [-0.4, -0.2) is 37.1 Å². The van der Waals surface area contributed by atoms with E-state index in [0.29, 0.717) is 0 Å². The molecule has 1 fully saturated rings. The number of para-hydroxylation sites is 1. The molecule has 0 aromatic heterocycles. The number of nitrogens with zero attached hydrogens (tertiary/aromatic N) is 1. The predicted octanol–water partition coefficient (Wildman–Crippen LogP) is 2.62. The molecular weight excluding hydrogens is 246 g/mol. The Morgan fingerprint density at radius 1 is 1.35 bits per heavy atom. The second kappa shape index (κ2) is 6.59. The number of nitrogens with one attached hydrogen (secondary N) is 2. The molecule has 0 amide bonds. The van der Waals surface area contributed by atoms with Crippen LogP contribution >= 0.6 is 0 Å². The first-order chi connectivity index (χ1) is 9.88. The molecule has 1 heterocycles. The smallest absolute Gasteiger partial charge is 0.0418 e. The van der Waals surface area contributed by atoms with E-state index < -0.39 is 0 Å². The Balaban J connectivity index is 1.48. The van der Waals surface area contributed by atoms with Crippen LogP contribution in [0.15, 0.2) is 18.2 Å². The van der Waals surface area contributed by atoms with Gasteiger partial charge in [0, 0.05) is 37.9 Å². The zero-order valence-corrected chi connectivity index (χ0v) is 12.6. The van der Waals surface area contributed by atoms with Crippen molar-refractivity contribution in [2.24, 2.45) is 0 Å². The van der Waals surface area contributed by atoms with Crippen molar-refractivity contribution >= 4 is 5.69 Å². The Kier molecular flexibility index (Phi) is 4.58. The van der Waals surface area contributed by atoms with Gasteiger partial charge in [-0.1, -0.05) is 25.1 Å². The lowest BCUT2D eigenvalue weighted by molar-refractivity contribution is 0.277. The maximum Gasteiger partial charge on any atom is 0.0418 e. The molecule has 3 nitrogen and oxygen atoms in total. The van der Waals surface area contributed by atoms with E-state index in [9.17, 15) is 0 Å². The highest BCUT2D eigenvalue weighted by Gasteiger charge is 2.27. The highest BCUT2D eigenvalue weighted by molar-refractivity contribution is 5.59. The van der Waals surface area contributed by atoms with E-state index >= 15 is 0 Å². The van der Waals surface area contributed by atoms with Crippen molar-refractivity contribution in [3.8, 4) is 0 Å². The lowest BCUT2D eigenvalue weighted by Gasteiger charge is -2.22. The third-order valence-corrected chi connectivity index (χ3v) is 4.52. The first-order valence-electron chi connectivity index (χ1n) is 8.18. The summed E-state index contributed by atoms with van der Waals surface area (Å²) in [6, 6.07) is 7.60. The number of rotatable bonds is 7. The van der Waals surface area contributed by atoms with E-state index in [1.165, 1.54) is 55.6 Å². The lowest BCUT2D eigenvalue weighted by atomic mass is 9.99. The molecule has 0 atom stereocenters. The van der Waals surface area contributed by atoms with Gasteiger partial charge in [-0.15, -0.1) is 0 Å². The Morgan fingerprint density at radius 3 is 3.05 bits per heavy atom. The average Bonchev–Trinajstić information content (AvgIpc) is 3.32. The maximum atomic E-state index is 3.62. The van der Waals surface area contributed by atoms with Gasteiger partial charge in [0.25, 0.3) is 0 Å². The van der Waals surface area contributed by atoms with Gasteiger partial charge in [0.2, 0.25) is 0 Å². The van der Waals surface area contributed by atoms with Crippen LogP contribution in [0.1, 0.15) is 37.3 Å². The van der Waals surface area contributed by atoms with Crippen molar-refractivity contribution in [1.29, 1.82) is 0 Å². The van der Waals surface area contributed by atoms with Gasteiger partial charge in [-0.05, 0) is 43.4 Å². The van der Waals surface area contributed by atoms with Crippen LogP contribution in [0.5, 0.6) is 0 Å². The van der Waals surface area contributed by atoms with E-state index in [0.717, 1.165) is 25.7 Å². The van der Waals surface area contributed by atoms with E-state index in [2.05, 4.69) is 40.7 Å². The molecule has 0 radical (unpaired) electrons. The molecule has 0 saturated heterocycles. The number of likely N-dealkylation sites (N-methyl/N-ethyl adjacent to an activating group) is 1. The molecule has 0 bridgehead atoms. The molecule has 1 aromatic carbocycles. The van der Waals surface area contributed by atoms with Crippen LogP contribution in [0.4, 0.5) is 5.69 Å². The fraction of sp³-hybridized carbons (Fsp3) is 0.647. The fourth-order valence-corrected chi connectivity index (χ4v) is 3.21. The first-order valence-corrected chi connectivity index (χ1v) is 8.18. The second-order valence-electron chi connectivity index (χ2n) is 6.02. The topological polar surface area (TPSA) is 27.3 Å². The minimum Gasteiger partial charge on any atom is -0.385 e. The molecule has 1 saturated carbocycles. The summed E-state index contributed by atoms with van der Waals surface area (Å²) in [5, 5.41) is 7.19. The van der Waals surface area contributed by atoms with Crippen molar-refractivity contribution in [2.45, 2.75) is 45.2 Å². The molecule has 1 aliphatic heterocycles. The van der Waals surface area contributed by atoms with Gasteiger partial charge < -0.3 is 10.6 Å². The molecule has 0 spiro atoms. The third kappa shape index (κ3) is 3.33. The summed E-state index contributed by atoms with van der Waals surface area (Å²) in [6.45, 7) is 7.84. The van der Waals surface area contributed by atoms with Crippen molar-refractivity contribution in [2.75, 3.05) is 31.5 Å². The molecule has 2 aliphatic rings. The number of hydrogen-bond donors (Lipinski definition) is 2. The molecule has 3 heteroatoms. The predicted molar refractivity (Wildman–Crippen MR) is 85.2 cm³/mol. The fourth-order valence-electron chi connectivity index (χ4n) is 3.21. The highest BCUT2D eigenvalue weighted by Crippen LogP contribution is 2.27. The Morgan fingerprint density at radius 2 is 2.25 bits per heavy atom. The van der Waals surface area contributed by atoms with Gasteiger partial charge >= 0.3 is 0 Å². The summed E-state index contributed by atoms with van der Waals surface area (Å²) in [6.07, 6.45) is 5.30. The molecular formula is C17H27N3. The summed E-state index contributed by atoms with van der Waals surface area (Å²) in [7, 11) is 0. The van der Waals surface area contributed by atoms with Crippen LogP contribution in [0.2, 0.25) is 0 Å². The quantitative estimate of drug-likeness (QED) is 0.748. The van der Waals surface area contributed by atoms with E-state index in [1.54, 1.807) is 0 Å². The maximum absolute atomic E-state index is 3.62. The number of hydrogen-bond acceptors (Lipinski definition) is 3. The number of benzene rings is 1. The zero-order valence-electron chi connectivity index (χ0n) is 12.6. The Labute approximate surface area is 122 Å². The molecule has 20 heavy (non-hydrogen) atoms. The van der Waals surface area contributed by atoms with Gasteiger partial charge in [0.05, 0.1) is 0 Å². The van der Waals surface area contributed by atoms with Crippen molar-refractivity contribution in [1.82, 2.24) is 10.2 Å². The third-order valence-electron chi connectivity index (χ3n) is 4.52. The SMILES string of the molecule is CCN(CCNCc1cccc2c1NCCC2)C1CC1. The minimum absolute atomic E-state index is 0.882. The van der Waals surface area contributed by atoms with Crippen molar-refractivity contribution < 1.29 is 0 Å². The van der Waals surface area contributed by atoms with Gasteiger partial charge in [0.1, 0.15) is 0 Å². The number of aryl methyl sites for hydroxylation is 1. The van der Waals surface area contributed by atoms with Gasteiger partial charge in [-0.2, -0.15) is 0 Å². The lowest BCUT2D eigenvalue weighted by Crippen LogP contribution is -2.33. The minimum atomic E-state index is 0.882. The molecule has 110 valence electrons. The van der Waals surface area contributed by atoms with Crippen LogP contribution < -0.4 is 10.6 Å². The summed E-state index contributed by atoms with van der Waals surface area (Å²) >= 11 is 0. The second-order valence-corrected chi connectivity index (χ2v) is 6.02. The molecule has 1 aliphatic carbocycles. The summed E-state index contributed by atoms with van der Waals surface area (Å²) in [4.78, 5) is 2.60. The van der Waals surface area contributed by atoms with Crippen LogP contribution in [0.25, 0.3) is 0 Å². The van der Waals surface area contributed by atoms with Gasteiger partial charge in [-0.3, -0.25) is 4.90 Å². The van der Waals surface area contributed by atoms with Crippen molar-refractivity contribution in [3.05, 3.63) is 29.3 Å². The Bertz CT molecular complexity index is 440. The standard InChI is InChI=1S/C17H27N3/c1-2-20(16-8-9-16)12-11-18-13-15-6-3-5-14-7-4-10-19-17(14)15/h3,5-6,16,18-19H,2,4,7-13H2,1H3. The van der Waals surface area contributed by atoms with Crippen LogP contribution in [0, 0.1) is 0 Å². The zero-order chi connectivity index (χ0) is 13.8. The van der Waals surface area contributed by atoms with E-state index in [-0.39, 0.29) is 0 Å². The van der Waals surface area contributed by atoms with E-state index in [4.69, 9.17) is 0 Å². The molecule has 3 rings (SSSR count). The molecule has 0 unspecified atom stereocenters. The van der Waals surface area contributed by atoms with Crippen LogP contribution in [0.3, 0.4) is 0 Å². The van der Waals surface area contributed by atoms with Gasteiger partial charge in [-0.25, -0.2) is 0 Å². The van der Waals surface area contributed by atoms with Gasteiger partial charge in [0.15, 0.2) is 0 Å². The highest BCUT2D eigenvalue weighted by atomic mass is 15.2. The summed E-state index contributed by atoms with van der Waals surface area (Å²) < 4.78 is 0. The normalized spacial score (nSPS) is 17.9. The number of fused-ring (bicyclic) bond motifs is 1. The summed E-state index contributed by atoms with van der Waals surface area (Å²) in [5.41, 5.74) is 4.31. The Hall–Kier alpha value is -1.06. The molecule has 2 N–H and O–H groups in total. The van der Waals surface area contributed by atoms with E-state index in [1.807, 2.05) is 0 Å². The van der Waals surface area contributed by atoms with Crippen LogP contribution in [-0.2, 0) is 13.0 Å². The molecule has 1 aromatic rings. The monoisotopic (exact) mass is 273 g/mol.